The molecule has 3 aromatic carbocycles. The average molecular weight is 292 g/mol. The van der Waals surface area contributed by atoms with Crippen molar-refractivity contribution in [2.45, 2.75) is 13.3 Å². The van der Waals surface area contributed by atoms with Gasteiger partial charge < -0.3 is 4.74 Å². The van der Waals surface area contributed by atoms with Gasteiger partial charge in [0, 0.05) is 5.56 Å². The van der Waals surface area contributed by atoms with E-state index in [2.05, 4.69) is 6.07 Å². The lowest BCUT2D eigenvalue weighted by atomic mass is 9.94. The van der Waals surface area contributed by atoms with Crippen LogP contribution in [0.3, 0.4) is 0 Å². The fourth-order valence-electron chi connectivity index (χ4n) is 2.79. The van der Waals surface area contributed by atoms with Crippen molar-refractivity contribution < 1.29 is 14.3 Å². The van der Waals surface area contributed by atoms with Gasteiger partial charge in [0.25, 0.3) is 0 Å². The van der Waals surface area contributed by atoms with Gasteiger partial charge in [0.1, 0.15) is 6.29 Å². The van der Waals surface area contributed by atoms with Crippen LogP contribution in [0.5, 0.6) is 0 Å². The van der Waals surface area contributed by atoms with Crippen LogP contribution in [-0.4, -0.2) is 18.9 Å². The van der Waals surface area contributed by atoms with Gasteiger partial charge in [0.05, 0.1) is 13.0 Å². The van der Waals surface area contributed by atoms with Crippen LogP contribution in [0.2, 0.25) is 0 Å². The first-order valence-electron chi connectivity index (χ1n) is 7.28. The number of fused-ring (bicyclic) bond motifs is 2. The second kappa shape index (κ2) is 5.98. The third-order valence-corrected chi connectivity index (χ3v) is 3.76. The van der Waals surface area contributed by atoms with Crippen molar-refractivity contribution in [3.05, 3.63) is 59.7 Å². The molecule has 0 radical (unpaired) electrons. The Kier molecular flexibility index (Phi) is 3.88. The fraction of sp³-hybridized carbons (Fsp3) is 0.158. The van der Waals surface area contributed by atoms with Gasteiger partial charge in [-0.25, -0.2) is 0 Å². The Labute approximate surface area is 128 Å². The largest absolute Gasteiger partial charge is 0.466 e. The van der Waals surface area contributed by atoms with Gasteiger partial charge in [0.15, 0.2) is 0 Å². The summed E-state index contributed by atoms with van der Waals surface area (Å²) in [6.45, 7) is 2.16. The first-order valence-corrected chi connectivity index (χ1v) is 7.28. The van der Waals surface area contributed by atoms with Gasteiger partial charge in [-0.3, -0.25) is 9.59 Å². The maximum atomic E-state index is 12.0. The van der Waals surface area contributed by atoms with Crippen LogP contribution >= 0.6 is 0 Å². The lowest BCUT2D eigenvalue weighted by molar-refractivity contribution is -0.142. The zero-order valence-corrected chi connectivity index (χ0v) is 12.3. The summed E-state index contributed by atoms with van der Waals surface area (Å²) in [4.78, 5) is 23.0. The molecule has 0 aliphatic rings. The average Bonchev–Trinajstić information content (AvgIpc) is 2.54. The van der Waals surface area contributed by atoms with Crippen LogP contribution in [0.15, 0.2) is 48.5 Å². The summed E-state index contributed by atoms with van der Waals surface area (Å²) >= 11 is 0. The number of hydrogen-bond donors (Lipinski definition) is 0. The van der Waals surface area contributed by atoms with E-state index in [0.29, 0.717) is 12.2 Å². The molecule has 22 heavy (non-hydrogen) atoms. The molecule has 0 aliphatic heterocycles. The van der Waals surface area contributed by atoms with Crippen molar-refractivity contribution in [2.24, 2.45) is 0 Å². The molecule has 110 valence electrons. The summed E-state index contributed by atoms with van der Waals surface area (Å²) in [5.74, 6) is -0.253. The number of hydrogen-bond acceptors (Lipinski definition) is 3. The predicted molar refractivity (Wildman–Crippen MR) is 87.2 cm³/mol. The second-order valence-corrected chi connectivity index (χ2v) is 5.16. The number of benzene rings is 3. The smallest absolute Gasteiger partial charge is 0.310 e. The lowest BCUT2D eigenvalue weighted by Gasteiger charge is -2.11. The zero-order valence-electron chi connectivity index (χ0n) is 12.3. The summed E-state index contributed by atoms with van der Waals surface area (Å²) in [5, 5.41) is 4.04. The summed E-state index contributed by atoms with van der Waals surface area (Å²) < 4.78 is 5.09. The molecular weight excluding hydrogens is 276 g/mol. The minimum atomic E-state index is -0.253. The Morgan fingerprint density at radius 3 is 2.59 bits per heavy atom. The summed E-state index contributed by atoms with van der Waals surface area (Å²) in [6, 6.07) is 15.6. The molecule has 0 amide bonds. The molecule has 3 nitrogen and oxygen atoms in total. The quantitative estimate of drug-likeness (QED) is 0.416. The molecule has 0 fully saturated rings. The van der Waals surface area contributed by atoms with Crippen molar-refractivity contribution >= 4 is 33.8 Å². The second-order valence-electron chi connectivity index (χ2n) is 5.16. The fourth-order valence-corrected chi connectivity index (χ4v) is 2.79. The van der Waals surface area contributed by atoms with E-state index in [1.807, 2.05) is 36.4 Å². The number of rotatable bonds is 4. The zero-order chi connectivity index (χ0) is 15.5. The van der Waals surface area contributed by atoms with Gasteiger partial charge in [0.2, 0.25) is 0 Å². The van der Waals surface area contributed by atoms with Gasteiger partial charge in [-0.05, 0) is 46.2 Å². The standard InChI is InChI=1S/C19H16O3/c1-2-22-19(21)11-18-16-6-4-3-5-14(16)10-15-8-7-13(12-20)9-17(15)18/h3-10,12H,2,11H2,1H3. The Morgan fingerprint density at radius 2 is 1.82 bits per heavy atom. The van der Waals surface area contributed by atoms with Gasteiger partial charge in [-0.1, -0.05) is 36.4 Å². The summed E-state index contributed by atoms with van der Waals surface area (Å²) in [7, 11) is 0. The Morgan fingerprint density at radius 1 is 1.05 bits per heavy atom. The van der Waals surface area contributed by atoms with E-state index in [4.69, 9.17) is 4.74 Å². The number of carbonyl (C=O) groups excluding carboxylic acids is 2. The molecule has 0 spiro atoms. The van der Waals surface area contributed by atoms with Crippen LogP contribution in [0.25, 0.3) is 21.5 Å². The number of esters is 1. The summed E-state index contributed by atoms with van der Waals surface area (Å²) in [5.41, 5.74) is 1.52. The maximum absolute atomic E-state index is 12.0. The van der Waals surface area contributed by atoms with Crippen molar-refractivity contribution in [3.8, 4) is 0 Å². The van der Waals surface area contributed by atoms with E-state index in [0.717, 1.165) is 33.4 Å². The van der Waals surface area contributed by atoms with Crippen molar-refractivity contribution in [2.75, 3.05) is 6.61 Å². The van der Waals surface area contributed by atoms with Crippen molar-refractivity contribution in [1.82, 2.24) is 0 Å². The van der Waals surface area contributed by atoms with E-state index < -0.39 is 0 Å². The molecule has 0 unspecified atom stereocenters. The van der Waals surface area contributed by atoms with E-state index in [-0.39, 0.29) is 12.4 Å². The molecule has 0 heterocycles. The highest BCUT2D eigenvalue weighted by Crippen LogP contribution is 2.29. The van der Waals surface area contributed by atoms with E-state index in [1.165, 1.54) is 0 Å². The van der Waals surface area contributed by atoms with Crippen LogP contribution in [0.1, 0.15) is 22.8 Å². The van der Waals surface area contributed by atoms with Crippen molar-refractivity contribution in [1.29, 1.82) is 0 Å². The van der Waals surface area contributed by atoms with E-state index >= 15 is 0 Å². The highest BCUT2D eigenvalue weighted by atomic mass is 16.5. The molecule has 0 N–H and O–H groups in total. The molecule has 0 saturated heterocycles. The number of ether oxygens (including phenoxy) is 1. The molecule has 3 aromatic rings. The maximum Gasteiger partial charge on any atom is 0.310 e. The minimum Gasteiger partial charge on any atom is -0.466 e. The molecule has 0 saturated carbocycles. The minimum absolute atomic E-state index is 0.202. The van der Waals surface area contributed by atoms with E-state index in [9.17, 15) is 9.59 Å². The normalized spacial score (nSPS) is 10.8. The molecule has 0 aromatic heterocycles. The van der Waals surface area contributed by atoms with Crippen LogP contribution in [-0.2, 0) is 16.0 Å². The van der Waals surface area contributed by atoms with Crippen LogP contribution in [0.4, 0.5) is 0 Å². The molecule has 3 rings (SSSR count). The van der Waals surface area contributed by atoms with Crippen LogP contribution in [0, 0.1) is 0 Å². The predicted octanol–water partition coefficient (Wildman–Crippen LogP) is 3.91. The van der Waals surface area contributed by atoms with E-state index in [1.54, 1.807) is 13.0 Å². The molecule has 0 bridgehead atoms. The molecule has 0 atom stereocenters. The topological polar surface area (TPSA) is 43.4 Å². The van der Waals surface area contributed by atoms with Gasteiger partial charge >= 0.3 is 5.97 Å². The Hall–Kier alpha value is -2.68. The first kappa shape index (κ1) is 14.3. The SMILES string of the molecule is CCOC(=O)Cc1c2ccccc2cc2ccc(C=O)cc12. The third-order valence-electron chi connectivity index (χ3n) is 3.76. The molecular formula is C19H16O3. The van der Waals surface area contributed by atoms with Crippen molar-refractivity contribution in [3.63, 3.8) is 0 Å². The van der Waals surface area contributed by atoms with Gasteiger partial charge in [-0.15, -0.1) is 0 Å². The molecule has 0 aliphatic carbocycles. The number of aldehydes is 1. The number of carbonyl (C=O) groups is 2. The first-order chi connectivity index (χ1) is 10.7. The van der Waals surface area contributed by atoms with Gasteiger partial charge in [-0.2, -0.15) is 0 Å². The Balaban J connectivity index is 2.29. The molecule has 3 heteroatoms. The van der Waals surface area contributed by atoms with Crippen LogP contribution < -0.4 is 0 Å². The highest BCUT2D eigenvalue weighted by molar-refractivity contribution is 6.05. The highest BCUT2D eigenvalue weighted by Gasteiger charge is 2.12. The lowest BCUT2D eigenvalue weighted by Crippen LogP contribution is -2.08. The summed E-state index contributed by atoms with van der Waals surface area (Å²) in [6.07, 6.45) is 1.02. The third kappa shape index (κ3) is 2.58. The monoisotopic (exact) mass is 292 g/mol. The Bertz CT molecular complexity index is 865.